The van der Waals surface area contributed by atoms with Crippen LogP contribution in [0.4, 0.5) is 0 Å². The van der Waals surface area contributed by atoms with Gasteiger partial charge in [0, 0.05) is 11.3 Å². The summed E-state index contributed by atoms with van der Waals surface area (Å²) in [5.41, 5.74) is 0.625. The number of amides is 1. The van der Waals surface area contributed by atoms with Gasteiger partial charge >= 0.3 is 0 Å². The summed E-state index contributed by atoms with van der Waals surface area (Å²) < 4.78 is 0. The standard InChI is InChI=1S/C36H55NO4/c1-31(2)27-12-15-36(7)29(34(27,5)14-13-28(31)39)26(38)20-24-25-21-33(4,17-16-32(25,3)18-19-35(24,36)6)30(40)37(22-8-9-22)41-23-10-11-23/h20,22-23,25,27-29,39H,8-19,21H2,1-7H3/t25-,27?,28-,29+,32+,33-,34-,35+,36+/m0/s1. The van der Waals surface area contributed by atoms with Crippen molar-refractivity contribution in [3.63, 3.8) is 0 Å². The Bertz CT molecular complexity index is 1180. The van der Waals surface area contributed by atoms with E-state index in [2.05, 4.69) is 54.5 Å². The van der Waals surface area contributed by atoms with Gasteiger partial charge in [-0.05, 0) is 128 Å². The van der Waals surface area contributed by atoms with Gasteiger partial charge in [0.05, 0.1) is 18.2 Å². The molecule has 1 unspecified atom stereocenters. The quantitative estimate of drug-likeness (QED) is 0.360. The molecule has 6 fully saturated rings. The van der Waals surface area contributed by atoms with Crippen LogP contribution in [0.15, 0.2) is 11.6 Å². The Morgan fingerprint density at radius 3 is 2.22 bits per heavy atom. The van der Waals surface area contributed by atoms with Gasteiger partial charge in [-0.3, -0.25) is 14.4 Å². The zero-order valence-corrected chi connectivity index (χ0v) is 26.9. The van der Waals surface area contributed by atoms with Gasteiger partial charge in [0.25, 0.3) is 5.91 Å². The predicted octanol–water partition coefficient (Wildman–Crippen LogP) is 7.41. The monoisotopic (exact) mass is 565 g/mol. The molecule has 5 nitrogen and oxygen atoms in total. The molecule has 0 bridgehead atoms. The fourth-order valence-electron chi connectivity index (χ4n) is 11.6. The Morgan fingerprint density at radius 1 is 0.878 bits per heavy atom. The van der Waals surface area contributed by atoms with Crippen molar-refractivity contribution in [2.45, 2.75) is 150 Å². The summed E-state index contributed by atoms with van der Waals surface area (Å²) in [6.45, 7) is 16.5. The fourth-order valence-corrected chi connectivity index (χ4v) is 11.6. The molecule has 228 valence electrons. The minimum absolute atomic E-state index is 0.00691. The molecule has 41 heavy (non-hydrogen) atoms. The Hall–Kier alpha value is -1.20. The van der Waals surface area contributed by atoms with Crippen molar-refractivity contribution < 1.29 is 19.5 Å². The van der Waals surface area contributed by atoms with E-state index in [1.165, 1.54) is 12.0 Å². The molecule has 1 N–H and O–H groups in total. The van der Waals surface area contributed by atoms with Gasteiger partial charge in [-0.1, -0.05) is 54.0 Å². The van der Waals surface area contributed by atoms with Gasteiger partial charge in [-0.2, -0.15) is 0 Å². The van der Waals surface area contributed by atoms with Crippen LogP contribution in [0.5, 0.6) is 0 Å². The van der Waals surface area contributed by atoms with Crippen molar-refractivity contribution >= 4 is 11.7 Å². The molecule has 5 heteroatoms. The number of carbonyl (C=O) groups is 2. The van der Waals surface area contributed by atoms with Crippen molar-refractivity contribution in [2.75, 3.05) is 0 Å². The summed E-state index contributed by atoms with van der Waals surface area (Å²) in [6, 6.07) is 0.259. The van der Waals surface area contributed by atoms with Crippen LogP contribution in [-0.4, -0.2) is 40.1 Å². The molecule has 1 amide bonds. The summed E-state index contributed by atoms with van der Waals surface area (Å²) >= 11 is 0. The minimum atomic E-state index is -0.450. The van der Waals surface area contributed by atoms with Crippen LogP contribution in [0, 0.1) is 50.2 Å². The number of hydroxylamine groups is 2. The SMILES string of the molecule is CC1(C)C2CC[C@]3(C)[C@H](C(=O)C=C4[C@@H]5C[C@@](C)(C(=O)N(OC6CC6)C6CC6)CC[C@]5(C)CC[C@]43C)[C@@]2(C)CC[C@@H]1O. The first kappa shape index (κ1) is 28.6. The summed E-state index contributed by atoms with van der Waals surface area (Å²) in [5.74, 6) is 1.13. The van der Waals surface area contributed by atoms with E-state index in [1.807, 2.05) is 5.06 Å². The molecule has 0 aromatic heterocycles. The second kappa shape index (κ2) is 8.71. The lowest BCUT2D eigenvalue weighted by atomic mass is 9.33. The molecular weight excluding hydrogens is 510 g/mol. The first-order valence-electron chi connectivity index (χ1n) is 17.0. The lowest BCUT2D eigenvalue weighted by molar-refractivity contribution is -0.212. The highest BCUT2D eigenvalue weighted by Gasteiger charge is 2.70. The maximum absolute atomic E-state index is 14.6. The van der Waals surface area contributed by atoms with Crippen LogP contribution in [0.3, 0.4) is 0 Å². The number of hydrogen-bond donors (Lipinski definition) is 1. The highest BCUT2D eigenvalue weighted by molar-refractivity contribution is 5.95. The molecule has 0 aromatic carbocycles. The van der Waals surface area contributed by atoms with Crippen molar-refractivity contribution in [1.82, 2.24) is 5.06 Å². The van der Waals surface area contributed by atoms with E-state index in [9.17, 15) is 14.7 Å². The predicted molar refractivity (Wildman–Crippen MR) is 159 cm³/mol. The van der Waals surface area contributed by atoms with E-state index in [4.69, 9.17) is 4.84 Å². The Morgan fingerprint density at radius 2 is 1.56 bits per heavy atom. The van der Waals surface area contributed by atoms with Crippen LogP contribution in [-0.2, 0) is 14.4 Å². The van der Waals surface area contributed by atoms with E-state index < -0.39 is 5.41 Å². The fraction of sp³-hybridized carbons (Fsp3) is 0.889. The minimum Gasteiger partial charge on any atom is -0.393 e. The highest BCUT2D eigenvalue weighted by Crippen LogP contribution is 2.75. The third kappa shape index (κ3) is 3.85. The van der Waals surface area contributed by atoms with Crippen LogP contribution >= 0.6 is 0 Å². The largest absolute Gasteiger partial charge is 0.393 e. The maximum Gasteiger partial charge on any atom is 0.252 e. The zero-order chi connectivity index (χ0) is 29.4. The molecule has 0 radical (unpaired) electrons. The van der Waals surface area contributed by atoms with Gasteiger partial charge in [0.15, 0.2) is 5.78 Å². The third-order valence-electron chi connectivity index (χ3n) is 14.9. The smallest absolute Gasteiger partial charge is 0.252 e. The number of nitrogens with zero attached hydrogens (tertiary/aromatic N) is 1. The van der Waals surface area contributed by atoms with E-state index >= 15 is 0 Å². The highest BCUT2D eigenvalue weighted by atomic mass is 16.7. The Kier molecular flexibility index (Phi) is 6.07. The number of ketones is 1. The summed E-state index contributed by atoms with van der Waals surface area (Å²) in [5, 5.41) is 12.8. The normalized spacial score (nSPS) is 50.5. The molecular formula is C36H55NO4. The number of rotatable bonds is 4. The number of carbonyl (C=O) groups excluding carboxylic acids is 2. The Balaban J connectivity index is 1.25. The summed E-state index contributed by atoms with van der Waals surface area (Å²) in [7, 11) is 0. The van der Waals surface area contributed by atoms with Gasteiger partial charge < -0.3 is 5.11 Å². The number of fused-ring (bicyclic) bond motifs is 7. The second-order valence-electron chi connectivity index (χ2n) is 17.8. The first-order chi connectivity index (χ1) is 19.1. The van der Waals surface area contributed by atoms with Crippen molar-refractivity contribution in [3.05, 3.63) is 11.6 Å². The third-order valence-corrected chi connectivity index (χ3v) is 14.9. The van der Waals surface area contributed by atoms with Crippen molar-refractivity contribution in [1.29, 1.82) is 0 Å². The molecule has 0 spiro atoms. The average molecular weight is 566 g/mol. The molecule has 7 rings (SSSR count). The van der Waals surface area contributed by atoms with Crippen molar-refractivity contribution in [3.8, 4) is 0 Å². The molecule has 0 aromatic rings. The van der Waals surface area contributed by atoms with E-state index in [1.54, 1.807) is 0 Å². The summed E-state index contributed by atoms with van der Waals surface area (Å²) in [4.78, 5) is 35.0. The zero-order valence-electron chi connectivity index (χ0n) is 26.9. The summed E-state index contributed by atoms with van der Waals surface area (Å²) in [6.07, 6.45) is 15.2. The molecule has 7 aliphatic rings. The molecule has 6 saturated carbocycles. The first-order valence-corrected chi connectivity index (χ1v) is 17.0. The van der Waals surface area contributed by atoms with E-state index in [0.29, 0.717) is 11.7 Å². The number of aliphatic hydroxyl groups is 1. The average Bonchev–Trinajstić information content (AvgIpc) is 3.82. The number of hydrogen-bond acceptors (Lipinski definition) is 4. The topological polar surface area (TPSA) is 66.8 Å². The van der Waals surface area contributed by atoms with Crippen LogP contribution in [0.2, 0.25) is 0 Å². The van der Waals surface area contributed by atoms with Gasteiger partial charge in [0.2, 0.25) is 0 Å². The molecule has 7 aliphatic carbocycles. The van der Waals surface area contributed by atoms with Gasteiger partial charge in [-0.15, -0.1) is 0 Å². The molecule has 9 atom stereocenters. The van der Waals surface area contributed by atoms with Crippen molar-refractivity contribution in [2.24, 2.45) is 50.2 Å². The van der Waals surface area contributed by atoms with E-state index in [-0.39, 0.29) is 63.1 Å². The number of allylic oxidation sites excluding steroid dienone is 2. The van der Waals surface area contributed by atoms with Crippen LogP contribution in [0.25, 0.3) is 0 Å². The van der Waals surface area contributed by atoms with Crippen LogP contribution < -0.4 is 0 Å². The lowest BCUT2D eigenvalue weighted by Crippen LogP contribution is -2.66. The molecule has 0 aliphatic heterocycles. The maximum atomic E-state index is 14.6. The molecule has 0 heterocycles. The van der Waals surface area contributed by atoms with Gasteiger partial charge in [-0.25, -0.2) is 5.06 Å². The lowest BCUT2D eigenvalue weighted by Gasteiger charge is -2.70. The van der Waals surface area contributed by atoms with Gasteiger partial charge in [0.1, 0.15) is 0 Å². The Labute approximate surface area is 248 Å². The molecule has 0 saturated heterocycles. The second-order valence-corrected chi connectivity index (χ2v) is 17.8. The number of aliphatic hydroxyl groups excluding tert-OH is 1. The van der Waals surface area contributed by atoms with E-state index in [0.717, 1.165) is 77.0 Å². The van der Waals surface area contributed by atoms with Crippen LogP contribution in [0.1, 0.15) is 132 Å².